The molecular weight excluding hydrogens is 122 g/mol. The molecule has 0 amide bonds. The Morgan fingerprint density at radius 2 is 2.22 bits per heavy atom. The molecule has 4 heteroatoms. The standard InChI is InChI=1S/C5H10NO3/c1-5(6(8)9)3-2-4-7/h5H,2-4H2,1H3. The number of hydrogen-bond donors (Lipinski definition) is 0. The number of hydrogen-bond acceptors (Lipinski definition) is 2. The van der Waals surface area contributed by atoms with Crippen LogP contribution in [0.5, 0.6) is 0 Å². The summed E-state index contributed by atoms with van der Waals surface area (Å²) in [6.07, 6.45) is 0.804. The Morgan fingerprint density at radius 3 is 2.56 bits per heavy atom. The Morgan fingerprint density at radius 1 is 1.67 bits per heavy atom. The van der Waals surface area contributed by atoms with Crippen LogP contribution in [-0.2, 0) is 5.11 Å². The van der Waals surface area contributed by atoms with Crippen molar-refractivity contribution in [2.45, 2.75) is 25.8 Å². The number of nitrogens with zero attached hydrogens (tertiary/aromatic N) is 1. The molecule has 1 radical (unpaired) electrons. The monoisotopic (exact) mass is 132 g/mol. The molecule has 4 nitrogen and oxygen atoms in total. The fourth-order valence-corrected chi connectivity index (χ4v) is 0.484. The summed E-state index contributed by atoms with van der Waals surface area (Å²) in [4.78, 5) is 9.54. The molecule has 0 aliphatic heterocycles. The van der Waals surface area contributed by atoms with E-state index in [1.165, 1.54) is 6.92 Å². The third kappa shape index (κ3) is 3.90. The molecule has 0 aromatic heterocycles. The summed E-state index contributed by atoms with van der Waals surface area (Å²) in [5.74, 6) is 0. The van der Waals surface area contributed by atoms with Crippen molar-refractivity contribution in [3.8, 4) is 0 Å². The quantitative estimate of drug-likeness (QED) is 0.420. The molecule has 0 spiro atoms. The minimum atomic E-state index is -0.557. The van der Waals surface area contributed by atoms with Gasteiger partial charge >= 0.3 is 0 Å². The van der Waals surface area contributed by atoms with Crippen molar-refractivity contribution in [1.29, 1.82) is 0 Å². The van der Waals surface area contributed by atoms with Gasteiger partial charge in [-0.05, 0) is 6.42 Å². The molecule has 0 aromatic rings. The van der Waals surface area contributed by atoms with E-state index in [0.717, 1.165) is 0 Å². The molecule has 0 aromatic carbocycles. The van der Waals surface area contributed by atoms with Gasteiger partial charge in [0.1, 0.15) is 0 Å². The second-order valence-electron chi connectivity index (χ2n) is 1.98. The molecule has 0 bridgehead atoms. The minimum Gasteiger partial charge on any atom is -0.264 e. The Hall–Kier alpha value is -0.640. The van der Waals surface area contributed by atoms with Crippen LogP contribution in [0.2, 0.25) is 0 Å². The fraction of sp³-hybridized carbons (Fsp3) is 1.00. The van der Waals surface area contributed by atoms with E-state index in [1.54, 1.807) is 0 Å². The maximum Gasteiger partial charge on any atom is 0.210 e. The highest BCUT2D eigenvalue weighted by atomic mass is 16.6. The number of rotatable bonds is 4. The number of nitro groups is 1. The predicted octanol–water partition coefficient (Wildman–Crippen LogP) is 0.862. The summed E-state index contributed by atoms with van der Waals surface area (Å²) in [7, 11) is 0. The first-order valence-corrected chi connectivity index (χ1v) is 2.90. The van der Waals surface area contributed by atoms with Crippen molar-refractivity contribution in [3.63, 3.8) is 0 Å². The van der Waals surface area contributed by atoms with Gasteiger partial charge < -0.3 is 0 Å². The summed E-state index contributed by atoms with van der Waals surface area (Å²) in [6.45, 7) is 1.30. The SMILES string of the molecule is CC(CCC[O])[N+](=O)[O-]. The first-order valence-electron chi connectivity index (χ1n) is 2.90. The topological polar surface area (TPSA) is 63.0 Å². The zero-order valence-electron chi connectivity index (χ0n) is 5.37. The van der Waals surface area contributed by atoms with Gasteiger partial charge in [0.2, 0.25) is 6.04 Å². The molecule has 1 atom stereocenters. The van der Waals surface area contributed by atoms with Crippen LogP contribution < -0.4 is 0 Å². The lowest BCUT2D eigenvalue weighted by atomic mass is 10.2. The van der Waals surface area contributed by atoms with Gasteiger partial charge in [0, 0.05) is 18.3 Å². The third-order valence-electron chi connectivity index (χ3n) is 1.13. The smallest absolute Gasteiger partial charge is 0.210 e. The van der Waals surface area contributed by atoms with Crippen LogP contribution in [0, 0.1) is 10.1 Å². The van der Waals surface area contributed by atoms with Gasteiger partial charge in [0.25, 0.3) is 0 Å². The Labute approximate surface area is 53.6 Å². The molecule has 0 rings (SSSR count). The third-order valence-corrected chi connectivity index (χ3v) is 1.13. The predicted molar refractivity (Wildman–Crippen MR) is 31.2 cm³/mol. The highest BCUT2D eigenvalue weighted by molar-refractivity contribution is 4.46. The highest BCUT2D eigenvalue weighted by Gasteiger charge is 2.10. The van der Waals surface area contributed by atoms with Gasteiger partial charge in [-0.25, -0.2) is 5.11 Å². The molecule has 53 valence electrons. The van der Waals surface area contributed by atoms with E-state index in [1.807, 2.05) is 0 Å². The normalized spacial score (nSPS) is 13.1. The van der Waals surface area contributed by atoms with Crippen LogP contribution in [-0.4, -0.2) is 17.6 Å². The van der Waals surface area contributed by atoms with Gasteiger partial charge in [0.05, 0.1) is 6.61 Å². The Kier molecular flexibility index (Phi) is 3.96. The molecular formula is C5H10NO3. The lowest BCUT2D eigenvalue weighted by molar-refractivity contribution is -0.519. The zero-order chi connectivity index (χ0) is 7.28. The molecule has 0 heterocycles. The second kappa shape index (κ2) is 4.26. The van der Waals surface area contributed by atoms with Gasteiger partial charge in [-0.3, -0.25) is 10.1 Å². The van der Waals surface area contributed by atoms with Gasteiger partial charge in [-0.15, -0.1) is 0 Å². The molecule has 9 heavy (non-hydrogen) atoms. The average Bonchev–Trinajstić information content (AvgIpc) is 1.82. The van der Waals surface area contributed by atoms with Crippen LogP contribution in [0.1, 0.15) is 19.8 Å². The van der Waals surface area contributed by atoms with Crippen LogP contribution in [0.4, 0.5) is 0 Å². The average molecular weight is 132 g/mol. The van der Waals surface area contributed by atoms with Gasteiger partial charge in [-0.1, -0.05) is 0 Å². The highest BCUT2D eigenvalue weighted by Crippen LogP contribution is 1.98. The van der Waals surface area contributed by atoms with Crippen molar-refractivity contribution < 1.29 is 10.0 Å². The maximum atomic E-state index is 9.91. The lowest BCUT2D eigenvalue weighted by Gasteiger charge is -1.98. The fourth-order valence-electron chi connectivity index (χ4n) is 0.484. The van der Waals surface area contributed by atoms with Gasteiger partial charge in [0.15, 0.2) is 0 Å². The lowest BCUT2D eigenvalue weighted by Crippen LogP contribution is -2.14. The molecule has 0 N–H and O–H groups in total. The maximum absolute atomic E-state index is 9.91. The zero-order valence-corrected chi connectivity index (χ0v) is 5.37. The van der Waals surface area contributed by atoms with Crippen LogP contribution in [0.15, 0.2) is 0 Å². The van der Waals surface area contributed by atoms with Crippen molar-refractivity contribution in [2.75, 3.05) is 6.61 Å². The van der Waals surface area contributed by atoms with E-state index in [0.29, 0.717) is 12.8 Å². The summed E-state index contributed by atoms with van der Waals surface area (Å²) >= 11 is 0. The van der Waals surface area contributed by atoms with E-state index in [9.17, 15) is 15.2 Å². The summed E-state index contributed by atoms with van der Waals surface area (Å²) in [5.41, 5.74) is 0. The van der Waals surface area contributed by atoms with Crippen molar-refractivity contribution in [2.24, 2.45) is 0 Å². The Balaban J connectivity index is 3.27. The molecule has 0 saturated heterocycles. The van der Waals surface area contributed by atoms with E-state index < -0.39 is 6.04 Å². The molecule has 1 unspecified atom stereocenters. The van der Waals surface area contributed by atoms with Crippen LogP contribution >= 0.6 is 0 Å². The molecule has 0 aliphatic carbocycles. The van der Waals surface area contributed by atoms with Crippen LogP contribution in [0.3, 0.4) is 0 Å². The van der Waals surface area contributed by atoms with E-state index in [4.69, 9.17) is 0 Å². The summed E-state index contributed by atoms with van der Waals surface area (Å²) in [5, 5.41) is 19.7. The first kappa shape index (κ1) is 8.36. The largest absolute Gasteiger partial charge is 0.264 e. The molecule has 0 fully saturated rings. The minimum absolute atomic E-state index is 0.210. The van der Waals surface area contributed by atoms with E-state index in [-0.39, 0.29) is 11.5 Å². The summed E-state index contributed by atoms with van der Waals surface area (Å²) < 4.78 is 0. The Bertz CT molecular complexity index is 94.2. The summed E-state index contributed by atoms with van der Waals surface area (Å²) in [6, 6.07) is -0.557. The van der Waals surface area contributed by atoms with Gasteiger partial charge in [-0.2, -0.15) is 0 Å². The second-order valence-corrected chi connectivity index (χ2v) is 1.98. The van der Waals surface area contributed by atoms with Crippen molar-refractivity contribution >= 4 is 0 Å². The molecule has 0 saturated carbocycles. The van der Waals surface area contributed by atoms with E-state index >= 15 is 0 Å². The van der Waals surface area contributed by atoms with Crippen molar-refractivity contribution in [3.05, 3.63) is 10.1 Å². The molecule has 0 aliphatic rings. The van der Waals surface area contributed by atoms with E-state index in [2.05, 4.69) is 0 Å². The first-order chi connectivity index (χ1) is 4.18. The van der Waals surface area contributed by atoms with Crippen LogP contribution in [0.25, 0.3) is 0 Å². The van der Waals surface area contributed by atoms with Crippen molar-refractivity contribution in [1.82, 2.24) is 0 Å².